The number of para-hydroxylation sites is 1. The molecule has 2 aromatic carbocycles. The highest BCUT2D eigenvalue weighted by molar-refractivity contribution is 7.89. The Morgan fingerprint density at radius 3 is 2.58 bits per heavy atom. The van der Waals surface area contributed by atoms with Crippen LogP contribution in [0, 0.1) is 5.82 Å². The summed E-state index contributed by atoms with van der Waals surface area (Å²) in [7, 11) is -1.97. The molecule has 0 saturated carbocycles. The maximum Gasteiger partial charge on any atom is 0.243 e. The minimum Gasteiger partial charge on any atom is -0.496 e. The van der Waals surface area contributed by atoms with Crippen molar-refractivity contribution >= 4 is 10.0 Å². The third kappa shape index (κ3) is 4.07. The van der Waals surface area contributed by atoms with Gasteiger partial charge in [-0.2, -0.15) is 4.31 Å². The Morgan fingerprint density at radius 2 is 1.85 bits per heavy atom. The van der Waals surface area contributed by atoms with Gasteiger partial charge in [0.2, 0.25) is 10.0 Å². The molecule has 1 heterocycles. The van der Waals surface area contributed by atoms with Crippen molar-refractivity contribution in [3.05, 3.63) is 59.9 Å². The predicted molar refractivity (Wildman–Crippen MR) is 99.2 cm³/mol. The van der Waals surface area contributed by atoms with Crippen molar-refractivity contribution in [2.24, 2.45) is 0 Å². The normalized spacial score (nSPS) is 18.6. The lowest BCUT2D eigenvalue weighted by atomic mass is 9.97. The number of halogens is 1. The largest absolute Gasteiger partial charge is 0.496 e. The fraction of sp³-hybridized carbons (Fsp3) is 0.400. The first-order valence-corrected chi connectivity index (χ1v) is 10.4. The van der Waals surface area contributed by atoms with E-state index >= 15 is 0 Å². The Hall–Kier alpha value is -1.92. The Balaban J connectivity index is 1.78. The number of rotatable bonds is 6. The molecule has 6 heteroatoms. The SMILES string of the molecule is COc1ccccc1CCC1CCCCN1S(=O)(=O)c1ccc(F)cc1. The zero-order valence-corrected chi connectivity index (χ0v) is 15.7. The van der Waals surface area contributed by atoms with Gasteiger partial charge in [0.25, 0.3) is 0 Å². The molecule has 0 N–H and O–H groups in total. The van der Waals surface area contributed by atoms with E-state index in [-0.39, 0.29) is 10.9 Å². The van der Waals surface area contributed by atoms with Crippen LogP contribution in [0.15, 0.2) is 53.4 Å². The van der Waals surface area contributed by atoms with Crippen LogP contribution < -0.4 is 4.74 Å². The summed E-state index contributed by atoms with van der Waals surface area (Å²) in [5.74, 6) is 0.395. The number of sulfonamides is 1. The fourth-order valence-corrected chi connectivity index (χ4v) is 5.28. The second-order valence-corrected chi connectivity index (χ2v) is 8.46. The van der Waals surface area contributed by atoms with Crippen LogP contribution in [0.4, 0.5) is 4.39 Å². The summed E-state index contributed by atoms with van der Waals surface area (Å²) in [6, 6.07) is 12.8. The first-order valence-electron chi connectivity index (χ1n) is 8.91. The smallest absolute Gasteiger partial charge is 0.243 e. The lowest BCUT2D eigenvalue weighted by molar-refractivity contribution is 0.240. The van der Waals surface area contributed by atoms with Gasteiger partial charge in [-0.3, -0.25) is 0 Å². The maximum atomic E-state index is 13.2. The summed E-state index contributed by atoms with van der Waals surface area (Å²) in [5.41, 5.74) is 1.08. The fourth-order valence-electron chi connectivity index (χ4n) is 3.55. The molecule has 1 unspecified atom stereocenters. The Labute approximate surface area is 154 Å². The predicted octanol–water partition coefficient (Wildman–Crippen LogP) is 4.01. The third-order valence-corrected chi connectivity index (χ3v) is 6.90. The van der Waals surface area contributed by atoms with E-state index in [2.05, 4.69) is 0 Å². The Morgan fingerprint density at radius 1 is 1.12 bits per heavy atom. The zero-order chi connectivity index (χ0) is 18.6. The van der Waals surface area contributed by atoms with E-state index in [0.29, 0.717) is 6.54 Å². The summed E-state index contributed by atoms with van der Waals surface area (Å²) in [6.07, 6.45) is 4.21. The second kappa shape index (κ2) is 8.18. The number of methoxy groups -OCH3 is 1. The summed E-state index contributed by atoms with van der Waals surface area (Å²) in [5, 5.41) is 0. The molecule has 1 aliphatic rings. The van der Waals surface area contributed by atoms with E-state index in [9.17, 15) is 12.8 Å². The highest BCUT2D eigenvalue weighted by Crippen LogP contribution is 2.29. The standard InChI is InChI=1S/C20H24FNO3S/c1-25-20-8-3-2-6-16(20)9-12-18-7-4-5-15-22(18)26(23,24)19-13-10-17(21)11-14-19/h2-3,6,8,10-11,13-14,18H,4-5,7,9,12,15H2,1H3. The third-order valence-electron chi connectivity index (χ3n) is 4.93. The number of hydrogen-bond donors (Lipinski definition) is 0. The van der Waals surface area contributed by atoms with Crippen molar-refractivity contribution in [1.82, 2.24) is 4.31 Å². The van der Waals surface area contributed by atoms with Gasteiger partial charge >= 0.3 is 0 Å². The maximum absolute atomic E-state index is 13.2. The van der Waals surface area contributed by atoms with E-state index in [1.807, 2.05) is 24.3 Å². The number of benzene rings is 2. The molecule has 3 rings (SSSR count). The van der Waals surface area contributed by atoms with Gasteiger partial charge in [-0.25, -0.2) is 12.8 Å². The molecule has 140 valence electrons. The van der Waals surface area contributed by atoms with E-state index in [1.165, 1.54) is 24.3 Å². The number of ether oxygens (including phenoxy) is 1. The molecule has 0 radical (unpaired) electrons. The van der Waals surface area contributed by atoms with Crippen LogP contribution in [0.5, 0.6) is 5.75 Å². The quantitative estimate of drug-likeness (QED) is 0.764. The monoisotopic (exact) mass is 377 g/mol. The van der Waals surface area contributed by atoms with Gasteiger partial charge in [-0.15, -0.1) is 0 Å². The summed E-state index contributed by atoms with van der Waals surface area (Å²) >= 11 is 0. The van der Waals surface area contributed by atoms with Crippen LogP contribution in [0.3, 0.4) is 0 Å². The van der Waals surface area contributed by atoms with Gasteiger partial charge in [0.05, 0.1) is 12.0 Å². The molecule has 1 atom stereocenters. The van der Waals surface area contributed by atoms with E-state index in [0.717, 1.165) is 43.4 Å². The van der Waals surface area contributed by atoms with E-state index in [1.54, 1.807) is 11.4 Å². The number of aryl methyl sites for hydroxylation is 1. The number of piperidine rings is 1. The molecule has 1 aliphatic heterocycles. The average molecular weight is 377 g/mol. The van der Waals surface area contributed by atoms with E-state index < -0.39 is 15.8 Å². The second-order valence-electron chi connectivity index (χ2n) is 6.57. The molecule has 0 spiro atoms. The minimum atomic E-state index is -3.61. The van der Waals surface area contributed by atoms with Crippen LogP contribution >= 0.6 is 0 Å². The van der Waals surface area contributed by atoms with Gasteiger partial charge in [-0.1, -0.05) is 24.6 Å². The summed E-state index contributed by atoms with van der Waals surface area (Å²) < 4.78 is 46.2. The van der Waals surface area contributed by atoms with Gasteiger partial charge in [0.15, 0.2) is 0 Å². The molecule has 2 aromatic rings. The van der Waals surface area contributed by atoms with Gasteiger partial charge < -0.3 is 4.74 Å². The van der Waals surface area contributed by atoms with Crippen LogP contribution in [-0.2, 0) is 16.4 Å². The molecule has 0 aliphatic carbocycles. The summed E-state index contributed by atoms with van der Waals surface area (Å²) in [4.78, 5) is 0.156. The van der Waals surface area contributed by atoms with Gasteiger partial charge in [0, 0.05) is 12.6 Å². The Bertz CT molecular complexity index is 836. The van der Waals surface area contributed by atoms with Crippen molar-refractivity contribution in [1.29, 1.82) is 0 Å². The molecular formula is C20H24FNO3S. The molecule has 1 saturated heterocycles. The van der Waals surface area contributed by atoms with Crippen molar-refractivity contribution in [2.45, 2.75) is 43.0 Å². The van der Waals surface area contributed by atoms with Crippen LogP contribution in [0.1, 0.15) is 31.2 Å². The Kier molecular flexibility index (Phi) is 5.94. The molecule has 4 nitrogen and oxygen atoms in total. The van der Waals surface area contributed by atoms with Gasteiger partial charge in [0.1, 0.15) is 11.6 Å². The van der Waals surface area contributed by atoms with E-state index in [4.69, 9.17) is 4.74 Å². The minimum absolute atomic E-state index is 0.0521. The molecule has 0 bridgehead atoms. The van der Waals surface area contributed by atoms with Crippen molar-refractivity contribution < 1.29 is 17.5 Å². The van der Waals surface area contributed by atoms with Crippen molar-refractivity contribution in [2.75, 3.05) is 13.7 Å². The van der Waals surface area contributed by atoms with Crippen molar-refractivity contribution in [3.8, 4) is 5.75 Å². The molecule has 0 amide bonds. The zero-order valence-electron chi connectivity index (χ0n) is 14.9. The summed E-state index contributed by atoms with van der Waals surface area (Å²) in [6.45, 7) is 0.510. The molecule has 26 heavy (non-hydrogen) atoms. The highest BCUT2D eigenvalue weighted by Gasteiger charge is 2.33. The average Bonchev–Trinajstić information content (AvgIpc) is 2.67. The molecular weight excluding hydrogens is 353 g/mol. The van der Waals surface area contributed by atoms with Crippen LogP contribution in [0.2, 0.25) is 0 Å². The topological polar surface area (TPSA) is 46.6 Å². The first kappa shape index (κ1) is 18.9. The molecule has 0 aromatic heterocycles. The highest BCUT2D eigenvalue weighted by atomic mass is 32.2. The molecule has 1 fully saturated rings. The van der Waals surface area contributed by atoms with Crippen molar-refractivity contribution in [3.63, 3.8) is 0 Å². The number of nitrogens with zero attached hydrogens (tertiary/aromatic N) is 1. The first-order chi connectivity index (χ1) is 12.5. The number of hydrogen-bond acceptors (Lipinski definition) is 3. The van der Waals surface area contributed by atoms with Crippen LogP contribution in [-0.4, -0.2) is 32.4 Å². The van der Waals surface area contributed by atoms with Gasteiger partial charge in [-0.05, 0) is 61.6 Å². The lowest BCUT2D eigenvalue weighted by Gasteiger charge is -2.35. The van der Waals surface area contributed by atoms with Crippen LogP contribution in [0.25, 0.3) is 0 Å². The lowest BCUT2D eigenvalue weighted by Crippen LogP contribution is -2.43.